The highest BCUT2D eigenvalue weighted by molar-refractivity contribution is 5.01. The zero-order valence-electron chi connectivity index (χ0n) is 12.7. The van der Waals surface area contributed by atoms with Crippen LogP contribution in [0.15, 0.2) is 0 Å². The number of piperidine rings is 2. The molecule has 4 fully saturated rings. The molecule has 7 nitrogen and oxygen atoms in total. The lowest BCUT2D eigenvalue weighted by molar-refractivity contribution is -1.18. The topological polar surface area (TPSA) is 110 Å². The standard InChI is InChI=1S/C14H26N2O5/c1-13-4-15-6-14(2,12(13)21)7-16(5-13)11(15)10(20)9(19)8(18)3-17/h8-12,17-21H,3-7H2,1-2H3/p+2/t8-,9+,10+,11?,12?,13?,14?/m1/s1. The minimum absolute atomic E-state index is 0.160. The van der Waals surface area contributed by atoms with Crippen molar-refractivity contribution in [2.24, 2.45) is 10.8 Å². The van der Waals surface area contributed by atoms with E-state index in [1.165, 1.54) is 9.80 Å². The number of quaternary nitrogens is 2. The van der Waals surface area contributed by atoms with Crippen molar-refractivity contribution in [3.05, 3.63) is 0 Å². The molecule has 4 heterocycles. The number of nitrogens with one attached hydrogen (secondary N) is 2. The van der Waals surface area contributed by atoms with Crippen LogP contribution >= 0.6 is 0 Å². The highest BCUT2D eigenvalue weighted by Crippen LogP contribution is 2.38. The molecule has 0 unspecified atom stereocenters. The number of hydrogen-bond acceptors (Lipinski definition) is 5. The van der Waals surface area contributed by atoms with Crippen molar-refractivity contribution in [1.29, 1.82) is 0 Å². The maximum Gasteiger partial charge on any atom is 0.242 e. The summed E-state index contributed by atoms with van der Waals surface area (Å²) in [6.07, 6.45) is -4.29. The number of aliphatic hydroxyl groups is 5. The maximum absolute atomic E-state index is 10.6. The third-order valence-corrected chi connectivity index (χ3v) is 6.00. The van der Waals surface area contributed by atoms with E-state index in [2.05, 4.69) is 13.8 Å². The molecule has 7 heteroatoms. The molecule has 4 bridgehead atoms. The molecule has 4 aliphatic rings. The van der Waals surface area contributed by atoms with Crippen LogP contribution in [-0.4, -0.2) is 88.9 Å². The number of aliphatic hydroxyl groups excluding tert-OH is 5. The van der Waals surface area contributed by atoms with E-state index >= 15 is 0 Å². The first-order valence-corrected chi connectivity index (χ1v) is 7.74. The Morgan fingerprint density at radius 1 is 1.00 bits per heavy atom. The van der Waals surface area contributed by atoms with Gasteiger partial charge in [0, 0.05) is 0 Å². The van der Waals surface area contributed by atoms with Crippen molar-refractivity contribution in [2.75, 3.05) is 32.8 Å². The van der Waals surface area contributed by atoms with E-state index in [0.29, 0.717) is 0 Å². The van der Waals surface area contributed by atoms with E-state index in [1.807, 2.05) is 0 Å². The molecule has 4 saturated heterocycles. The SMILES string of the molecule is CC12C[NH+]3CC(C)(C[NH+](C1)C3[C@@H](O)[C@@H](O)[C@H](O)CO)C2O. The van der Waals surface area contributed by atoms with Gasteiger partial charge in [0.25, 0.3) is 0 Å². The zero-order chi connectivity index (χ0) is 15.6. The predicted molar refractivity (Wildman–Crippen MR) is 72.5 cm³/mol. The van der Waals surface area contributed by atoms with Crippen LogP contribution in [0.3, 0.4) is 0 Å². The van der Waals surface area contributed by atoms with Gasteiger partial charge in [0.05, 0.1) is 49.7 Å². The second-order valence-corrected chi connectivity index (χ2v) is 7.94. The van der Waals surface area contributed by atoms with Gasteiger partial charge in [-0.3, -0.25) is 9.80 Å². The van der Waals surface area contributed by atoms with Gasteiger partial charge >= 0.3 is 0 Å². The van der Waals surface area contributed by atoms with Crippen molar-refractivity contribution < 1.29 is 35.3 Å². The van der Waals surface area contributed by atoms with Crippen molar-refractivity contribution in [2.45, 2.75) is 44.4 Å². The fourth-order valence-corrected chi connectivity index (χ4v) is 5.30. The molecule has 0 saturated carbocycles. The Kier molecular flexibility index (Phi) is 3.61. The van der Waals surface area contributed by atoms with Crippen LogP contribution < -0.4 is 9.80 Å². The number of hydrogen-bond donors (Lipinski definition) is 7. The smallest absolute Gasteiger partial charge is 0.242 e. The summed E-state index contributed by atoms with van der Waals surface area (Å²) in [5.74, 6) is 0. The van der Waals surface area contributed by atoms with Gasteiger partial charge in [-0.05, 0) is 13.8 Å². The van der Waals surface area contributed by atoms with Crippen LogP contribution in [0.4, 0.5) is 0 Å². The van der Waals surface area contributed by atoms with E-state index in [-0.39, 0.29) is 23.1 Å². The van der Waals surface area contributed by atoms with E-state index in [1.54, 1.807) is 0 Å². The second-order valence-electron chi connectivity index (χ2n) is 7.94. The molecule has 0 aromatic rings. The lowest BCUT2D eigenvalue weighted by atomic mass is 9.60. The Bertz CT molecular complexity index is 382. The summed E-state index contributed by atoms with van der Waals surface area (Å²) >= 11 is 0. The molecule has 21 heavy (non-hydrogen) atoms. The summed E-state index contributed by atoms with van der Waals surface area (Å²) in [7, 11) is 0. The summed E-state index contributed by atoms with van der Waals surface area (Å²) in [6.45, 7) is 6.66. The summed E-state index contributed by atoms with van der Waals surface area (Å²) in [5.41, 5.74) is -0.320. The van der Waals surface area contributed by atoms with E-state index < -0.39 is 24.9 Å². The average Bonchev–Trinajstić information content (AvgIpc) is 2.41. The zero-order valence-corrected chi connectivity index (χ0v) is 12.7. The molecule has 3 atom stereocenters. The highest BCUT2D eigenvalue weighted by Gasteiger charge is 2.69. The van der Waals surface area contributed by atoms with Gasteiger partial charge in [0.15, 0.2) is 6.10 Å². The van der Waals surface area contributed by atoms with Gasteiger partial charge in [-0.1, -0.05) is 0 Å². The first-order valence-electron chi connectivity index (χ1n) is 7.74. The Morgan fingerprint density at radius 2 is 1.43 bits per heavy atom. The third kappa shape index (κ3) is 2.15. The van der Waals surface area contributed by atoms with Gasteiger partial charge in [-0.15, -0.1) is 0 Å². The molecular formula is C14H28N2O5+2. The Morgan fingerprint density at radius 3 is 1.81 bits per heavy atom. The lowest BCUT2D eigenvalue weighted by Gasteiger charge is -2.63. The quantitative estimate of drug-likeness (QED) is 0.280. The minimum Gasteiger partial charge on any atom is -0.394 e. The third-order valence-electron chi connectivity index (χ3n) is 6.00. The Labute approximate surface area is 124 Å². The first-order chi connectivity index (χ1) is 9.72. The molecule has 4 aliphatic heterocycles. The van der Waals surface area contributed by atoms with Gasteiger partial charge in [-0.25, -0.2) is 0 Å². The second kappa shape index (κ2) is 4.86. The van der Waals surface area contributed by atoms with E-state index in [9.17, 15) is 20.4 Å². The number of rotatable bonds is 4. The van der Waals surface area contributed by atoms with Gasteiger partial charge < -0.3 is 25.5 Å². The van der Waals surface area contributed by atoms with Crippen LogP contribution in [0.2, 0.25) is 0 Å². The first kappa shape index (κ1) is 15.6. The lowest BCUT2D eigenvalue weighted by Crippen LogP contribution is -3.46. The summed E-state index contributed by atoms with van der Waals surface area (Å²) in [5, 5.41) is 49.6. The largest absolute Gasteiger partial charge is 0.394 e. The monoisotopic (exact) mass is 304 g/mol. The summed E-state index contributed by atoms with van der Waals surface area (Å²) in [6, 6.07) is 0. The van der Waals surface area contributed by atoms with E-state index in [0.717, 1.165) is 26.2 Å². The van der Waals surface area contributed by atoms with Gasteiger partial charge in [0.2, 0.25) is 6.17 Å². The predicted octanol–water partition coefficient (Wildman–Crippen LogP) is -5.43. The van der Waals surface area contributed by atoms with Crippen LogP contribution in [0.1, 0.15) is 13.8 Å². The summed E-state index contributed by atoms with van der Waals surface area (Å²) < 4.78 is 0. The van der Waals surface area contributed by atoms with Crippen LogP contribution in [-0.2, 0) is 0 Å². The van der Waals surface area contributed by atoms with Crippen molar-refractivity contribution in [3.8, 4) is 0 Å². The van der Waals surface area contributed by atoms with Crippen molar-refractivity contribution in [3.63, 3.8) is 0 Å². The Balaban J connectivity index is 1.82. The molecule has 0 aromatic heterocycles. The molecule has 122 valence electrons. The normalized spacial score (nSPS) is 52.7. The molecule has 7 N–H and O–H groups in total. The van der Waals surface area contributed by atoms with E-state index in [4.69, 9.17) is 5.11 Å². The Hall–Kier alpha value is -0.280. The van der Waals surface area contributed by atoms with Crippen molar-refractivity contribution >= 4 is 0 Å². The fourth-order valence-electron chi connectivity index (χ4n) is 5.30. The van der Waals surface area contributed by atoms with Gasteiger partial charge in [-0.2, -0.15) is 0 Å². The molecule has 0 aromatic carbocycles. The molecule has 0 aliphatic carbocycles. The molecule has 0 amide bonds. The molecule has 0 radical (unpaired) electrons. The van der Waals surface area contributed by atoms with Crippen molar-refractivity contribution in [1.82, 2.24) is 0 Å². The van der Waals surface area contributed by atoms with Gasteiger partial charge in [0.1, 0.15) is 12.2 Å². The highest BCUT2D eigenvalue weighted by atomic mass is 16.4. The molecular weight excluding hydrogens is 276 g/mol. The molecule has 4 rings (SSSR count). The minimum atomic E-state index is -1.34. The van der Waals surface area contributed by atoms with Crippen LogP contribution in [0, 0.1) is 10.8 Å². The van der Waals surface area contributed by atoms with Crippen LogP contribution in [0.25, 0.3) is 0 Å². The fraction of sp³-hybridized carbons (Fsp3) is 1.00. The summed E-state index contributed by atoms with van der Waals surface area (Å²) in [4.78, 5) is 2.35. The maximum atomic E-state index is 10.6. The molecule has 0 spiro atoms. The average molecular weight is 304 g/mol. The van der Waals surface area contributed by atoms with Crippen LogP contribution in [0.5, 0.6) is 0 Å².